The molecule has 0 aliphatic carbocycles. The Morgan fingerprint density at radius 1 is 0.615 bits per heavy atom. The van der Waals surface area contributed by atoms with E-state index in [0.29, 0.717) is 55.1 Å². The third-order valence-electron chi connectivity index (χ3n) is 4.22. The first-order chi connectivity index (χ1) is 19.0. The van der Waals surface area contributed by atoms with Crippen LogP contribution in [0.5, 0.6) is 23.0 Å². The number of halogens is 2. The molecule has 3 aromatic rings. The minimum absolute atomic E-state index is 0.331. The third-order valence-corrected chi connectivity index (χ3v) is 4.92. The molecule has 3 aromatic carbocycles. The monoisotopic (exact) mass is 578 g/mol. The first-order valence-corrected chi connectivity index (χ1v) is 14.6. The summed E-state index contributed by atoms with van der Waals surface area (Å²) >= 11 is 13.1. The summed E-state index contributed by atoms with van der Waals surface area (Å²) in [5.74, 6) is 2.04. The molecule has 39 heavy (non-hydrogen) atoms. The molecule has 2 aliphatic rings. The van der Waals surface area contributed by atoms with Crippen molar-refractivity contribution >= 4 is 34.6 Å². The van der Waals surface area contributed by atoms with Gasteiger partial charge in [-0.05, 0) is 52.0 Å². The molecule has 6 nitrogen and oxygen atoms in total. The number of ether oxygens (including phenoxy) is 2. The maximum absolute atomic E-state index is 6.53. The van der Waals surface area contributed by atoms with Crippen LogP contribution in [0.4, 0.5) is 11.4 Å². The maximum Gasteiger partial charge on any atom is 0.175 e. The van der Waals surface area contributed by atoms with Crippen LogP contribution in [0.25, 0.3) is 0 Å². The lowest BCUT2D eigenvalue weighted by atomic mass is 10.2. The summed E-state index contributed by atoms with van der Waals surface area (Å²) in [6.45, 7) is 19.1. The highest BCUT2D eigenvalue weighted by molar-refractivity contribution is 6.35. The van der Waals surface area contributed by atoms with Crippen molar-refractivity contribution in [2.75, 3.05) is 27.7 Å². The Balaban J connectivity index is 0. The van der Waals surface area contributed by atoms with E-state index < -0.39 is 0 Å². The van der Waals surface area contributed by atoms with Gasteiger partial charge in [-0.3, -0.25) is 0 Å². The van der Waals surface area contributed by atoms with E-state index in [-0.39, 0.29) is 0 Å². The van der Waals surface area contributed by atoms with Crippen molar-refractivity contribution in [1.29, 1.82) is 0 Å². The molecule has 0 amide bonds. The molecule has 0 spiro atoms. The first-order valence-electron chi connectivity index (χ1n) is 13.8. The van der Waals surface area contributed by atoms with E-state index in [1.807, 2.05) is 125 Å². The van der Waals surface area contributed by atoms with E-state index in [0.717, 1.165) is 6.54 Å². The number of rotatable bonds is 1. The predicted octanol–water partition coefficient (Wildman–Crippen LogP) is 9.27. The molecule has 2 N–H and O–H groups in total. The molecule has 0 unspecified atom stereocenters. The summed E-state index contributed by atoms with van der Waals surface area (Å²) in [6, 6.07) is 14.9. The Labute approximate surface area is 246 Å². The highest BCUT2D eigenvalue weighted by Crippen LogP contribution is 2.41. The maximum atomic E-state index is 6.53. The summed E-state index contributed by atoms with van der Waals surface area (Å²) in [5, 5.41) is 7.25. The van der Waals surface area contributed by atoms with Crippen molar-refractivity contribution in [3.8, 4) is 23.0 Å². The zero-order chi connectivity index (χ0) is 30.4. The van der Waals surface area contributed by atoms with E-state index in [2.05, 4.69) is 27.5 Å². The molecule has 0 saturated heterocycles. The number of nitrogens with zero attached hydrogens (tertiary/aromatic N) is 2. The topological polar surface area (TPSA) is 67.2 Å². The summed E-state index contributed by atoms with van der Waals surface area (Å²) in [6.07, 6.45) is 0. The van der Waals surface area contributed by atoms with Crippen LogP contribution in [0.15, 0.2) is 58.5 Å². The van der Waals surface area contributed by atoms with E-state index >= 15 is 0 Å². The van der Waals surface area contributed by atoms with Gasteiger partial charge in [-0.2, -0.15) is 0 Å². The van der Waals surface area contributed by atoms with Gasteiger partial charge >= 0.3 is 0 Å². The van der Waals surface area contributed by atoms with Crippen molar-refractivity contribution in [3.05, 3.63) is 69.3 Å². The van der Waals surface area contributed by atoms with Gasteiger partial charge in [0.15, 0.2) is 23.0 Å². The molecular formula is C31H48Cl2N4O2. The van der Waals surface area contributed by atoms with Crippen LogP contribution in [-0.4, -0.2) is 27.7 Å². The number of hydrogen-bond acceptors (Lipinski definition) is 6. The normalized spacial score (nSPS) is 9.90. The van der Waals surface area contributed by atoms with Crippen LogP contribution < -0.4 is 30.8 Å². The zero-order valence-electron chi connectivity index (χ0n) is 25.8. The Bertz CT molecular complexity index is 1110. The molecule has 0 fully saturated rings. The van der Waals surface area contributed by atoms with Crippen LogP contribution in [0.3, 0.4) is 0 Å². The fraction of sp³-hybridized carbons (Fsp3) is 0.419. The van der Waals surface area contributed by atoms with Gasteiger partial charge in [0.25, 0.3) is 0 Å². The molecule has 5 rings (SSSR count). The largest absolute Gasteiger partial charge is 0.451 e. The van der Waals surface area contributed by atoms with Gasteiger partial charge in [0.1, 0.15) is 32.1 Å². The zero-order valence-corrected chi connectivity index (χ0v) is 27.3. The number of hydrogen-bond donors (Lipinski definition) is 2. The van der Waals surface area contributed by atoms with Gasteiger partial charge < -0.3 is 20.1 Å². The number of fused-ring (bicyclic) bond motifs is 4. The average molecular weight is 580 g/mol. The Morgan fingerprint density at radius 3 is 1.18 bits per heavy atom. The second-order valence-electron chi connectivity index (χ2n) is 6.55. The highest BCUT2D eigenvalue weighted by Gasteiger charge is 2.26. The second kappa shape index (κ2) is 23.3. The van der Waals surface area contributed by atoms with Gasteiger partial charge in [-0.25, -0.2) is 9.98 Å². The predicted molar refractivity (Wildman–Crippen MR) is 171 cm³/mol. The first kappa shape index (κ1) is 38.5. The molecule has 0 aromatic heterocycles. The lowest BCUT2D eigenvalue weighted by molar-refractivity contribution is 0.451. The second-order valence-corrected chi connectivity index (χ2v) is 7.31. The third kappa shape index (κ3) is 10.8. The van der Waals surface area contributed by atoms with Crippen LogP contribution >= 0.6 is 23.2 Å². The molecule has 2 heterocycles. The van der Waals surface area contributed by atoms with Gasteiger partial charge in [0.2, 0.25) is 0 Å². The molecule has 0 atom stereocenters. The Morgan fingerprint density at radius 2 is 0.897 bits per heavy atom. The molecule has 0 radical (unpaired) electrons. The fourth-order valence-electron chi connectivity index (χ4n) is 2.74. The summed E-state index contributed by atoms with van der Waals surface area (Å²) in [5.41, 5.74) is 1.38. The standard InChI is InChI=1S/C18H8Cl2N2O2.C3H9N.C2H7N.4C2H6/c19-13-15-17(23-11-7-3-1-5-9(11)21-15)14(20)16-18(13)24-12-8-4-2-6-10(12)22-16;1-3-4-2;1-3-2;4*1-2/h1-8H;4H,3H2,1-2H3;3H,1-2H3;4*1-2H3. The van der Waals surface area contributed by atoms with Crippen molar-refractivity contribution in [2.45, 2.75) is 62.3 Å². The van der Waals surface area contributed by atoms with Crippen molar-refractivity contribution in [3.63, 3.8) is 0 Å². The minimum Gasteiger partial charge on any atom is -0.451 e. The van der Waals surface area contributed by atoms with Crippen molar-refractivity contribution < 1.29 is 9.47 Å². The Hall–Kier alpha value is -2.64. The molecule has 0 bridgehead atoms. The van der Waals surface area contributed by atoms with E-state index in [4.69, 9.17) is 32.7 Å². The molecule has 0 saturated carbocycles. The molecular weight excluding hydrogens is 531 g/mol. The number of nitrogens with one attached hydrogen (secondary N) is 2. The van der Waals surface area contributed by atoms with Gasteiger partial charge in [-0.1, -0.05) is 110 Å². The van der Waals surface area contributed by atoms with Crippen LogP contribution in [0, 0.1) is 0 Å². The summed E-state index contributed by atoms with van der Waals surface area (Å²) in [4.78, 5) is 9.14. The number of benzene rings is 3. The SMILES string of the molecule is CC.CC.CC.CC.CCNC.CNC.Clc1c2c(c(Cl)c3c1=Nc1ccccc1O3)=Nc1ccccc1O2. The van der Waals surface area contributed by atoms with Crippen LogP contribution in [-0.2, 0) is 0 Å². The van der Waals surface area contributed by atoms with Crippen LogP contribution in [0.1, 0.15) is 62.3 Å². The fourth-order valence-corrected chi connectivity index (χ4v) is 3.25. The smallest absolute Gasteiger partial charge is 0.175 e. The highest BCUT2D eigenvalue weighted by atomic mass is 35.5. The Kier molecular flexibility index (Phi) is 23.0. The lowest BCUT2D eigenvalue weighted by Crippen LogP contribution is -2.22. The van der Waals surface area contributed by atoms with Crippen molar-refractivity contribution in [1.82, 2.24) is 10.6 Å². The average Bonchev–Trinajstić information content (AvgIpc) is 3.03. The van der Waals surface area contributed by atoms with Crippen molar-refractivity contribution in [2.24, 2.45) is 9.98 Å². The van der Waals surface area contributed by atoms with Gasteiger partial charge in [-0.15, -0.1) is 0 Å². The van der Waals surface area contributed by atoms with Gasteiger partial charge in [0, 0.05) is 0 Å². The van der Waals surface area contributed by atoms with Crippen LogP contribution in [0.2, 0.25) is 10.0 Å². The summed E-state index contributed by atoms with van der Waals surface area (Å²) < 4.78 is 11.8. The van der Waals surface area contributed by atoms with E-state index in [9.17, 15) is 0 Å². The number of para-hydroxylation sites is 4. The molecule has 2 aliphatic heterocycles. The summed E-state index contributed by atoms with van der Waals surface area (Å²) in [7, 11) is 5.68. The van der Waals surface area contributed by atoms with E-state index in [1.165, 1.54) is 0 Å². The minimum atomic E-state index is 0.331. The molecule has 218 valence electrons. The lowest BCUT2D eigenvalue weighted by Gasteiger charge is -2.20. The van der Waals surface area contributed by atoms with E-state index in [1.54, 1.807) is 0 Å². The quantitative estimate of drug-likeness (QED) is 0.208. The molecule has 8 heteroatoms. The van der Waals surface area contributed by atoms with Gasteiger partial charge in [0.05, 0.1) is 0 Å².